The molecule has 3 rings (SSSR count). The van der Waals surface area contributed by atoms with Gasteiger partial charge in [-0.3, -0.25) is 14.4 Å². The van der Waals surface area contributed by atoms with Gasteiger partial charge in [0.2, 0.25) is 0 Å². The van der Waals surface area contributed by atoms with Crippen molar-refractivity contribution in [1.29, 1.82) is 0 Å². The number of nitrogens with one attached hydrogen (secondary N) is 3. The van der Waals surface area contributed by atoms with Gasteiger partial charge in [-0.1, -0.05) is 0 Å². The van der Waals surface area contributed by atoms with Crippen LogP contribution >= 0.6 is 0 Å². The Balaban J connectivity index is 1.67. The van der Waals surface area contributed by atoms with E-state index >= 15 is 0 Å². The van der Waals surface area contributed by atoms with E-state index in [0.29, 0.717) is 24.5 Å². The van der Waals surface area contributed by atoms with Gasteiger partial charge in [-0.2, -0.15) is 0 Å². The molecule has 0 spiro atoms. The number of nitrogens with zero attached hydrogens (tertiary/aromatic N) is 1. The highest BCUT2D eigenvalue weighted by atomic mass is 16.3. The quantitative estimate of drug-likeness (QED) is 0.635. The van der Waals surface area contributed by atoms with Crippen LogP contribution in [0.2, 0.25) is 0 Å². The van der Waals surface area contributed by atoms with Crippen molar-refractivity contribution >= 4 is 29.1 Å². The summed E-state index contributed by atoms with van der Waals surface area (Å²) in [6.45, 7) is 1.77. The van der Waals surface area contributed by atoms with Gasteiger partial charge in [-0.05, 0) is 48.7 Å². The van der Waals surface area contributed by atoms with E-state index in [2.05, 4.69) is 10.6 Å². The number of furan rings is 1. The zero-order valence-corrected chi connectivity index (χ0v) is 16.1. The number of likely N-dealkylation sites (N-methyl/N-ethyl adjacent to an activating group) is 1. The second-order valence-electron chi connectivity index (χ2n) is 7.05. The zero-order valence-electron chi connectivity index (χ0n) is 16.1. The Labute approximate surface area is 163 Å². The number of benzene rings is 1. The molecule has 0 radical (unpaired) electrons. The van der Waals surface area contributed by atoms with E-state index in [1.165, 1.54) is 11.2 Å². The van der Waals surface area contributed by atoms with E-state index in [4.69, 9.17) is 4.42 Å². The van der Waals surface area contributed by atoms with Crippen molar-refractivity contribution in [1.82, 2.24) is 5.32 Å². The average molecular weight is 385 g/mol. The van der Waals surface area contributed by atoms with Gasteiger partial charge in [-0.15, -0.1) is 0 Å². The highest BCUT2D eigenvalue weighted by Gasteiger charge is 2.25. The number of hydrogen-bond acceptors (Lipinski definition) is 4. The summed E-state index contributed by atoms with van der Waals surface area (Å²) >= 11 is 0. The summed E-state index contributed by atoms with van der Waals surface area (Å²) in [7, 11) is 3.94. The summed E-state index contributed by atoms with van der Waals surface area (Å²) in [5, 5.41) is 5.22. The fraction of sp³-hybridized carbons (Fsp3) is 0.350. The first-order valence-electron chi connectivity index (χ1n) is 9.32. The van der Waals surface area contributed by atoms with Crippen molar-refractivity contribution < 1.29 is 23.7 Å². The summed E-state index contributed by atoms with van der Waals surface area (Å²) in [6, 6.07) is 8.62. The number of carbonyl (C=O) groups excluding carboxylic acids is 3. The molecule has 1 aromatic carbocycles. The highest BCUT2D eigenvalue weighted by Crippen LogP contribution is 2.30. The van der Waals surface area contributed by atoms with Crippen LogP contribution in [0.5, 0.6) is 0 Å². The molecule has 0 atom stereocenters. The second-order valence-corrected chi connectivity index (χ2v) is 7.05. The first kappa shape index (κ1) is 19.6. The van der Waals surface area contributed by atoms with Gasteiger partial charge in [0.15, 0.2) is 5.76 Å². The Hall–Kier alpha value is -3.13. The minimum atomic E-state index is -0.701. The van der Waals surface area contributed by atoms with Gasteiger partial charge in [0.1, 0.15) is 0 Å². The Bertz CT molecular complexity index is 861. The van der Waals surface area contributed by atoms with Crippen LogP contribution in [0.1, 0.15) is 22.5 Å². The average Bonchev–Trinajstić information content (AvgIpc) is 3.21. The molecule has 0 fully saturated rings. The van der Waals surface area contributed by atoms with Crippen LogP contribution < -0.4 is 20.4 Å². The Morgan fingerprint density at radius 3 is 2.71 bits per heavy atom. The molecule has 1 aliphatic rings. The van der Waals surface area contributed by atoms with E-state index in [1.807, 2.05) is 20.2 Å². The normalized spacial score (nSPS) is 13.2. The molecular weight excluding hydrogens is 360 g/mol. The van der Waals surface area contributed by atoms with Crippen molar-refractivity contribution in [3.63, 3.8) is 0 Å². The van der Waals surface area contributed by atoms with Crippen molar-refractivity contribution in [3.8, 4) is 0 Å². The molecule has 1 aliphatic heterocycles. The number of amides is 3. The van der Waals surface area contributed by atoms with Crippen LogP contribution in [0, 0.1) is 0 Å². The van der Waals surface area contributed by atoms with Crippen LogP contribution in [0.15, 0.2) is 41.0 Å². The van der Waals surface area contributed by atoms with Crippen LogP contribution in [0.4, 0.5) is 11.4 Å². The first-order chi connectivity index (χ1) is 13.5. The summed E-state index contributed by atoms with van der Waals surface area (Å²) < 4.78 is 5.22. The van der Waals surface area contributed by atoms with Gasteiger partial charge < -0.3 is 24.9 Å². The number of hydrogen-bond donors (Lipinski definition) is 3. The van der Waals surface area contributed by atoms with E-state index in [-0.39, 0.29) is 5.91 Å². The van der Waals surface area contributed by atoms with Gasteiger partial charge in [-0.25, -0.2) is 0 Å². The molecule has 3 N–H and O–H groups in total. The maximum absolute atomic E-state index is 12.6. The van der Waals surface area contributed by atoms with Crippen molar-refractivity contribution in [2.45, 2.75) is 12.8 Å². The Morgan fingerprint density at radius 1 is 1.18 bits per heavy atom. The Morgan fingerprint density at radius 2 is 2.00 bits per heavy atom. The lowest BCUT2D eigenvalue weighted by molar-refractivity contribution is -0.856. The molecule has 28 heavy (non-hydrogen) atoms. The second kappa shape index (κ2) is 8.71. The number of quaternary nitrogens is 1. The number of fused-ring (bicyclic) bond motifs is 1. The number of anilines is 2. The van der Waals surface area contributed by atoms with E-state index in [0.717, 1.165) is 30.6 Å². The maximum Gasteiger partial charge on any atom is 0.313 e. The van der Waals surface area contributed by atoms with Crippen molar-refractivity contribution in [2.24, 2.45) is 0 Å². The minimum absolute atomic E-state index is 0.190. The number of carbonyl (C=O) groups is 3. The van der Waals surface area contributed by atoms with E-state index in [1.54, 1.807) is 29.2 Å². The molecule has 8 nitrogen and oxygen atoms in total. The van der Waals surface area contributed by atoms with Crippen molar-refractivity contribution in [3.05, 3.63) is 47.9 Å². The predicted molar refractivity (Wildman–Crippen MR) is 104 cm³/mol. The molecule has 0 saturated heterocycles. The van der Waals surface area contributed by atoms with Crippen LogP contribution in [-0.4, -0.2) is 51.5 Å². The number of aryl methyl sites for hydroxylation is 1. The number of rotatable bonds is 5. The third-order valence-electron chi connectivity index (χ3n) is 4.55. The predicted octanol–water partition coefficient (Wildman–Crippen LogP) is 0.0718. The van der Waals surface area contributed by atoms with Crippen LogP contribution in [0.25, 0.3) is 0 Å². The molecule has 8 heteroatoms. The first-order valence-corrected chi connectivity index (χ1v) is 9.32. The summed E-state index contributed by atoms with van der Waals surface area (Å²) in [5.74, 6) is -1.26. The highest BCUT2D eigenvalue weighted by molar-refractivity contribution is 6.39. The third kappa shape index (κ3) is 4.58. The van der Waals surface area contributed by atoms with Crippen molar-refractivity contribution in [2.75, 3.05) is 43.9 Å². The van der Waals surface area contributed by atoms with Crippen LogP contribution in [-0.2, 0) is 16.0 Å². The van der Waals surface area contributed by atoms with E-state index in [9.17, 15) is 14.4 Å². The van der Waals surface area contributed by atoms with Gasteiger partial charge in [0.25, 0.3) is 5.91 Å². The van der Waals surface area contributed by atoms with E-state index < -0.39 is 11.8 Å². The summed E-state index contributed by atoms with van der Waals surface area (Å²) in [4.78, 5) is 39.5. The maximum atomic E-state index is 12.6. The van der Waals surface area contributed by atoms with Gasteiger partial charge in [0.05, 0.1) is 33.4 Å². The molecule has 148 valence electrons. The lowest BCUT2D eigenvalue weighted by atomic mass is 10.0. The zero-order chi connectivity index (χ0) is 20.1. The molecule has 0 saturated carbocycles. The lowest BCUT2D eigenvalue weighted by Crippen LogP contribution is -3.06. The molecule has 3 amide bonds. The molecule has 0 unspecified atom stereocenters. The molecule has 2 heterocycles. The fourth-order valence-corrected chi connectivity index (χ4v) is 3.11. The lowest BCUT2D eigenvalue weighted by Gasteiger charge is -2.29. The molecule has 0 aliphatic carbocycles. The largest absolute Gasteiger partial charge is 0.459 e. The van der Waals surface area contributed by atoms with Gasteiger partial charge >= 0.3 is 11.8 Å². The molecule has 1 aromatic heterocycles. The summed E-state index contributed by atoms with van der Waals surface area (Å²) in [6.07, 6.45) is 3.07. The van der Waals surface area contributed by atoms with Gasteiger partial charge in [0, 0.05) is 17.9 Å². The minimum Gasteiger partial charge on any atom is -0.459 e. The molecule has 2 aromatic rings. The topological polar surface area (TPSA) is 96.1 Å². The molecular formula is C20H25N4O4+. The Kier molecular flexibility index (Phi) is 6.10. The molecule has 0 bridgehead atoms. The standard InChI is InChI=1S/C20H24N4O4/c1-23(2)11-9-21-18(25)19(26)22-15-7-8-16-14(13-15)5-3-10-24(16)20(27)17-6-4-12-28-17/h4,6-8,12-13H,3,5,9-11H2,1-2H3,(H,21,25)(H,22,26)/p+1. The third-order valence-corrected chi connectivity index (χ3v) is 4.55. The monoisotopic (exact) mass is 385 g/mol. The summed E-state index contributed by atoms with van der Waals surface area (Å²) in [5.41, 5.74) is 2.27. The SMILES string of the molecule is C[NH+](C)CCNC(=O)C(=O)Nc1ccc2c(c1)CCCN2C(=O)c1ccco1. The van der Waals surface area contributed by atoms with Crippen LogP contribution in [0.3, 0.4) is 0 Å². The smallest absolute Gasteiger partial charge is 0.313 e. The fourth-order valence-electron chi connectivity index (χ4n) is 3.11.